The topological polar surface area (TPSA) is 16.1 Å². The minimum atomic E-state index is 0.978. The summed E-state index contributed by atoms with van der Waals surface area (Å²) in [6.07, 6.45) is 3.07. The zero-order chi connectivity index (χ0) is 11.8. The number of nitrogens with zero attached hydrogens (tertiary/aromatic N) is 2. The van der Waals surface area contributed by atoms with Gasteiger partial charge in [0.05, 0.1) is 0 Å². The van der Waals surface area contributed by atoms with Crippen molar-refractivity contribution in [2.45, 2.75) is 26.4 Å². The average Bonchev–Trinajstić information content (AvgIpc) is 2.93. The lowest BCUT2D eigenvalue weighted by Crippen LogP contribution is -2.13. The third-order valence-electron chi connectivity index (χ3n) is 3.05. The minimum Gasteiger partial charge on any atom is -0.339 e. The van der Waals surface area contributed by atoms with Gasteiger partial charge in [-0.15, -0.1) is 11.3 Å². The molecule has 88 valence electrons. The second-order valence-corrected chi connectivity index (χ2v) is 6.24. The minimum absolute atomic E-state index is 0.978. The first kappa shape index (κ1) is 11.2. The van der Waals surface area contributed by atoms with Crippen LogP contribution in [-0.4, -0.2) is 4.98 Å². The van der Waals surface area contributed by atoms with E-state index in [1.165, 1.54) is 16.0 Å². The highest BCUT2D eigenvalue weighted by Gasteiger charge is 2.21. The molecule has 0 fully saturated rings. The number of hydrogen-bond acceptors (Lipinski definition) is 3. The van der Waals surface area contributed by atoms with Gasteiger partial charge in [-0.2, -0.15) is 0 Å². The van der Waals surface area contributed by atoms with Gasteiger partial charge in [0.1, 0.15) is 0 Å². The second-order valence-electron chi connectivity index (χ2n) is 4.23. The summed E-state index contributed by atoms with van der Waals surface area (Å²) in [7, 11) is 0. The van der Waals surface area contributed by atoms with Crippen molar-refractivity contribution in [1.29, 1.82) is 0 Å². The van der Waals surface area contributed by atoms with E-state index < -0.39 is 0 Å². The van der Waals surface area contributed by atoms with Gasteiger partial charge in [0.25, 0.3) is 0 Å². The summed E-state index contributed by atoms with van der Waals surface area (Å²) in [6.45, 7) is 4.14. The van der Waals surface area contributed by atoms with Gasteiger partial charge in [-0.25, -0.2) is 4.98 Å². The summed E-state index contributed by atoms with van der Waals surface area (Å²) in [4.78, 5) is 8.21. The predicted octanol–water partition coefficient (Wildman–Crippen LogP) is 3.99. The molecular weight excluding hydrogens is 296 g/mol. The maximum absolute atomic E-state index is 4.51. The van der Waals surface area contributed by atoms with Crippen LogP contribution in [0.5, 0.6) is 0 Å². The second kappa shape index (κ2) is 4.42. The van der Waals surface area contributed by atoms with Crippen molar-refractivity contribution in [3.63, 3.8) is 0 Å². The van der Waals surface area contributed by atoms with Gasteiger partial charge in [-0.3, -0.25) is 0 Å². The Hall–Kier alpha value is -0.870. The molecule has 0 radical (unpaired) electrons. The molecule has 3 rings (SSSR count). The zero-order valence-electron chi connectivity index (χ0n) is 9.61. The summed E-state index contributed by atoms with van der Waals surface area (Å²) in [5.41, 5.74) is 2.83. The van der Waals surface area contributed by atoms with Crippen LogP contribution in [0.2, 0.25) is 0 Å². The standard InChI is InChI=1S/C13H13BrN2S/c1-2-12-6-15-13(17-12)16-7-9-3-4-11(14)5-10(9)8-16/h3-6H,2,7-8H2,1H3. The van der Waals surface area contributed by atoms with Gasteiger partial charge in [-0.1, -0.05) is 28.9 Å². The smallest absolute Gasteiger partial charge is 0.186 e. The van der Waals surface area contributed by atoms with Crippen molar-refractivity contribution in [1.82, 2.24) is 4.98 Å². The SMILES string of the molecule is CCc1cnc(N2Cc3ccc(Br)cc3C2)s1. The van der Waals surface area contributed by atoms with Crippen LogP contribution in [0, 0.1) is 0 Å². The highest BCUT2D eigenvalue weighted by Crippen LogP contribution is 2.32. The predicted molar refractivity (Wildman–Crippen MR) is 75.5 cm³/mol. The van der Waals surface area contributed by atoms with E-state index in [-0.39, 0.29) is 0 Å². The van der Waals surface area contributed by atoms with E-state index in [1.807, 2.05) is 17.5 Å². The van der Waals surface area contributed by atoms with E-state index >= 15 is 0 Å². The number of benzene rings is 1. The summed E-state index contributed by atoms with van der Waals surface area (Å²) < 4.78 is 1.16. The molecule has 0 bridgehead atoms. The van der Waals surface area contributed by atoms with Crippen LogP contribution in [0.25, 0.3) is 0 Å². The Morgan fingerprint density at radius 3 is 2.94 bits per heavy atom. The van der Waals surface area contributed by atoms with E-state index in [0.717, 1.165) is 29.1 Å². The molecule has 2 heterocycles. The summed E-state index contributed by atoms with van der Waals surface area (Å²) in [5, 5.41) is 1.15. The van der Waals surface area contributed by atoms with Crippen LogP contribution in [0.3, 0.4) is 0 Å². The molecule has 0 unspecified atom stereocenters. The number of thiazole rings is 1. The molecule has 0 saturated carbocycles. The van der Waals surface area contributed by atoms with Crippen LogP contribution in [0.4, 0.5) is 5.13 Å². The van der Waals surface area contributed by atoms with E-state index in [4.69, 9.17) is 0 Å². The van der Waals surface area contributed by atoms with Crippen molar-refractivity contribution < 1.29 is 0 Å². The molecule has 0 amide bonds. The molecule has 4 heteroatoms. The summed E-state index contributed by atoms with van der Waals surface area (Å²) >= 11 is 5.33. The van der Waals surface area contributed by atoms with Gasteiger partial charge in [0, 0.05) is 28.6 Å². The first-order chi connectivity index (χ1) is 8.26. The van der Waals surface area contributed by atoms with Crippen LogP contribution in [0.1, 0.15) is 22.9 Å². The van der Waals surface area contributed by atoms with Gasteiger partial charge < -0.3 is 4.90 Å². The number of aromatic nitrogens is 1. The molecule has 1 aliphatic rings. The Kier molecular flexibility index (Phi) is 2.92. The normalized spacial score (nSPS) is 14.1. The molecule has 0 saturated heterocycles. The number of anilines is 1. The number of aryl methyl sites for hydroxylation is 1. The maximum atomic E-state index is 4.51. The van der Waals surface area contributed by atoms with Crippen molar-refractivity contribution in [2.75, 3.05) is 4.90 Å². The molecule has 1 aliphatic heterocycles. The maximum Gasteiger partial charge on any atom is 0.186 e. The fraction of sp³-hybridized carbons (Fsp3) is 0.308. The molecule has 0 N–H and O–H groups in total. The Morgan fingerprint density at radius 2 is 2.18 bits per heavy atom. The van der Waals surface area contributed by atoms with E-state index in [2.05, 4.69) is 50.9 Å². The molecule has 0 aliphatic carbocycles. The third kappa shape index (κ3) is 2.11. The highest BCUT2D eigenvalue weighted by molar-refractivity contribution is 9.10. The Bertz CT molecular complexity index is 550. The Balaban J connectivity index is 1.86. The van der Waals surface area contributed by atoms with E-state index in [9.17, 15) is 0 Å². The lowest BCUT2D eigenvalue weighted by atomic mass is 10.1. The van der Waals surface area contributed by atoms with Crippen LogP contribution in [0.15, 0.2) is 28.9 Å². The van der Waals surface area contributed by atoms with E-state index in [0.29, 0.717) is 0 Å². The molecule has 0 atom stereocenters. The lowest BCUT2D eigenvalue weighted by Gasteiger charge is -2.12. The van der Waals surface area contributed by atoms with Gasteiger partial charge >= 0.3 is 0 Å². The quantitative estimate of drug-likeness (QED) is 0.834. The highest BCUT2D eigenvalue weighted by atomic mass is 79.9. The van der Waals surface area contributed by atoms with Crippen molar-refractivity contribution in [3.8, 4) is 0 Å². The molecular formula is C13H13BrN2S. The third-order valence-corrected chi connectivity index (χ3v) is 4.75. The van der Waals surface area contributed by atoms with Crippen LogP contribution >= 0.6 is 27.3 Å². The Labute approximate surface area is 113 Å². The Morgan fingerprint density at radius 1 is 1.35 bits per heavy atom. The number of fused-ring (bicyclic) bond motifs is 1. The lowest BCUT2D eigenvalue weighted by molar-refractivity contribution is 0.873. The zero-order valence-corrected chi connectivity index (χ0v) is 12.0. The summed E-state index contributed by atoms with van der Waals surface area (Å²) in [6, 6.07) is 6.53. The number of hydrogen-bond donors (Lipinski definition) is 0. The van der Waals surface area contributed by atoms with Crippen LogP contribution < -0.4 is 4.90 Å². The molecule has 1 aromatic carbocycles. The monoisotopic (exact) mass is 308 g/mol. The summed E-state index contributed by atoms with van der Waals surface area (Å²) in [5.74, 6) is 0. The largest absolute Gasteiger partial charge is 0.339 e. The van der Waals surface area contributed by atoms with Gasteiger partial charge in [-0.05, 0) is 29.7 Å². The van der Waals surface area contributed by atoms with Crippen molar-refractivity contribution >= 4 is 32.4 Å². The fourth-order valence-corrected chi connectivity index (χ4v) is 3.36. The molecule has 2 nitrogen and oxygen atoms in total. The van der Waals surface area contributed by atoms with Gasteiger partial charge in [0.2, 0.25) is 0 Å². The molecule has 0 spiro atoms. The van der Waals surface area contributed by atoms with E-state index in [1.54, 1.807) is 0 Å². The average molecular weight is 309 g/mol. The first-order valence-corrected chi connectivity index (χ1v) is 7.34. The van der Waals surface area contributed by atoms with Crippen molar-refractivity contribution in [2.24, 2.45) is 0 Å². The van der Waals surface area contributed by atoms with Gasteiger partial charge in [0.15, 0.2) is 5.13 Å². The molecule has 2 aromatic rings. The molecule has 17 heavy (non-hydrogen) atoms. The van der Waals surface area contributed by atoms with Crippen molar-refractivity contribution in [3.05, 3.63) is 44.9 Å². The molecule has 1 aromatic heterocycles. The number of rotatable bonds is 2. The fourth-order valence-electron chi connectivity index (χ4n) is 2.11. The first-order valence-electron chi connectivity index (χ1n) is 5.73. The number of halogens is 1. The van der Waals surface area contributed by atoms with Crippen LogP contribution in [-0.2, 0) is 19.5 Å².